The van der Waals surface area contributed by atoms with Crippen LogP contribution < -0.4 is 5.73 Å². The molecule has 1 unspecified atom stereocenters. The molecule has 0 radical (unpaired) electrons. The fraction of sp³-hybridized carbons (Fsp3) is 0.294. The number of benzene rings is 1. The molecule has 4 nitrogen and oxygen atoms in total. The van der Waals surface area contributed by atoms with E-state index >= 15 is 0 Å². The van der Waals surface area contributed by atoms with Crippen LogP contribution >= 0.6 is 0 Å². The second-order valence-electron chi connectivity index (χ2n) is 5.66. The number of aromatic nitrogens is 3. The van der Waals surface area contributed by atoms with E-state index < -0.39 is 0 Å². The van der Waals surface area contributed by atoms with E-state index in [1.54, 1.807) is 0 Å². The number of hydrogen-bond acceptors (Lipinski definition) is 3. The van der Waals surface area contributed by atoms with Gasteiger partial charge in [0, 0.05) is 36.3 Å². The van der Waals surface area contributed by atoms with Crippen LogP contribution in [0.1, 0.15) is 23.9 Å². The number of imidazole rings is 1. The fourth-order valence-electron chi connectivity index (χ4n) is 2.65. The van der Waals surface area contributed by atoms with Crippen LogP contribution in [-0.4, -0.2) is 20.6 Å². The quantitative estimate of drug-likeness (QED) is 0.799. The minimum absolute atomic E-state index is 0.136. The predicted octanol–water partition coefficient (Wildman–Crippen LogP) is 2.68. The van der Waals surface area contributed by atoms with Crippen LogP contribution in [0.25, 0.3) is 10.9 Å². The predicted molar refractivity (Wildman–Crippen MR) is 85.2 cm³/mol. The summed E-state index contributed by atoms with van der Waals surface area (Å²) in [5.74, 6) is 0. The third kappa shape index (κ3) is 3.11. The molecule has 0 aliphatic heterocycles. The van der Waals surface area contributed by atoms with Crippen molar-refractivity contribution in [1.82, 2.24) is 14.5 Å². The first-order chi connectivity index (χ1) is 10.1. The van der Waals surface area contributed by atoms with E-state index in [0.717, 1.165) is 29.9 Å². The average molecular weight is 280 g/mol. The molecule has 0 aliphatic rings. The highest BCUT2D eigenvalue weighted by molar-refractivity contribution is 5.82. The summed E-state index contributed by atoms with van der Waals surface area (Å²) in [6, 6.07) is 10.5. The largest absolute Gasteiger partial charge is 0.333 e. The maximum Gasteiger partial charge on any atom is 0.0952 e. The third-order valence-electron chi connectivity index (χ3n) is 3.50. The molecule has 0 bridgehead atoms. The number of nitrogens with two attached hydrogens (primary N) is 1. The van der Waals surface area contributed by atoms with Crippen molar-refractivity contribution in [1.29, 1.82) is 0 Å². The summed E-state index contributed by atoms with van der Waals surface area (Å²) in [5.41, 5.74) is 10.2. The minimum Gasteiger partial charge on any atom is -0.333 e. The van der Waals surface area contributed by atoms with Crippen molar-refractivity contribution < 1.29 is 0 Å². The number of para-hydroxylation sites is 1. The van der Waals surface area contributed by atoms with Gasteiger partial charge in [-0.1, -0.05) is 18.2 Å². The molecule has 0 spiro atoms. The van der Waals surface area contributed by atoms with Gasteiger partial charge in [-0.2, -0.15) is 0 Å². The van der Waals surface area contributed by atoms with E-state index in [0.29, 0.717) is 0 Å². The van der Waals surface area contributed by atoms with Gasteiger partial charge in [-0.05, 0) is 31.5 Å². The molecule has 0 aliphatic carbocycles. The van der Waals surface area contributed by atoms with E-state index in [9.17, 15) is 0 Å². The highest BCUT2D eigenvalue weighted by atomic mass is 15.0. The van der Waals surface area contributed by atoms with Gasteiger partial charge in [-0.3, -0.25) is 4.98 Å². The Balaban J connectivity index is 1.92. The van der Waals surface area contributed by atoms with Gasteiger partial charge >= 0.3 is 0 Å². The molecule has 2 N–H and O–H groups in total. The molecule has 0 saturated carbocycles. The van der Waals surface area contributed by atoms with Gasteiger partial charge in [-0.25, -0.2) is 4.98 Å². The molecule has 21 heavy (non-hydrogen) atoms. The van der Waals surface area contributed by atoms with E-state index in [-0.39, 0.29) is 6.04 Å². The molecular weight excluding hydrogens is 260 g/mol. The number of nitrogens with zero attached hydrogens (tertiary/aromatic N) is 3. The lowest BCUT2D eigenvalue weighted by molar-refractivity contribution is 0.723. The van der Waals surface area contributed by atoms with E-state index in [4.69, 9.17) is 5.73 Å². The van der Waals surface area contributed by atoms with Crippen LogP contribution in [-0.2, 0) is 13.0 Å². The van der Waals surface area contributed by atoms with Crippen LogP contribution in [0.4, 0.5) is 0 Å². The van der Waals surface area contributed by atoms with Crippen LogP contribution in [0.15, 0.2) is 42.9 Å². The minimum atomic E-state index is 0.136. The first kappa shape index (κ1) is 13.8. The van der Waals surface area contributed by atoms with Gasteiger partial charge in [-0.15, -0.1) is 0 Å². The molecule has 1 atom stereocenters. The molecule has 108 valence electrons. The van der Waals surface area contributed by atoms with Crippen molar-refractivity contribution in [3.8, 4) is 0 Å². The van der Waals surface area contributed by atoms with Gasteiger partial charge in [0.05, 0.1) is 17.5 Å². The van der Waals surface area contributed by atoms with E-state index in [1.165, 1.54) is 10.9 Å². The Morgan fingerprint density at radius 1 is 1.29 bits per heavy atom. The maximum atomic E-state index is 5.82. The number of pyridine rings is 1. The molecule has 3 rings (SSSR count). The van der Waals surface area contributed by atoms with Gasteiger partial charge in [0.25, 0.3) is 0 Å². The summed E-state index contributed by atoms with van der Waals surface area (Å²) in [7, 11) is 0. The number of aryl methyl sites for hydroxylation is 1. The molecule has 0 saturated heterocycles. The van der Waals surface area contributed by atoms with Crippen LogP contribution in [0.5, 0.6) is 0 Å². The van der Waals surface area contributed by atoms with Crippen molar-refractivity contribution in [3.63, 3.8) is 0 Å². The third-order valence-corrected chi connectivity index (χ3v) is 3.50. The van der Waals surface area contributed by atoms with Crippen molar-refractivity contribution in [3.05, 3.63) is 59.8 Å². The average Bonchev–Trinajstić information content (AvgIpc) is 2.85. The van der Waals surface area contributed by atoms with Crippen molar-refractivity contribution in [2.24, 2.45) is 5.73 Å². The van der Waals surface area contributed by atoms with Crippen LogP contribution in [0.3, 0.4) is 0 Å². The lowest BCUT2D eigenvalue weighted by Gasteiger charge is -2.08. The second kappa shape index (κ2) is 5.66. The molecule has 4 heteroatoms. The summed E-state index contributed by atoms with van der Waals surface area (Å²) in [6.07, 6.45) is 4.76. The van der Waals surface area contributed by atoms with Gasteiger partial charge in [0.1, 0.15) is 0 Å². The summed E-state index contributed by atoms with van der Waals surface area (Å²) < 4.78 is 2.11. The summed E-state index contributed by atoms with van der Waals surface area (Å²) >= 11 is 0. The SMILES string of the molecule is Cc1cc(Cn2cnc(CC(C)N)c2)c2ccccc2n1. The Kier molecular flexibility index (Phi) is 3.71. The standard InChI is InChI=1S/C17H20N4/c1-12(18)7-15-10-21(11-19-15)9-14-8-13(2)20-17-6-4-3-5-16(14)17/h3-6,8,10-12H,7,9,18H2,1-2H3. The lowest BCUT2D eigenvalue weighted by atomic mass is 10.1. The Morgan fingerprint density at radius 2 is 2.10 bits per heavy atom. The van der Waals surface area contributed by atoms with Gasteiger partial charge in [0.2, 0.25) is 0 Å². The van der Waals surface area contributed by atoms with Gasteiger partial charge < -0.3 is 10.3 Å². The Bertz CT molecular complexity index is 758. The second-order valence-corrected chi connectivity index (χ2v) is 5.66. The molecule has 3 aromatic rings. The number of rotatable bonds is 4. The van der Waals surface area contributed by atoms with E-state index in [2.05, 4.69) is 45.0 Å². The Labute approximate surface area is 124 Å². The topological polar surface area (TPSA) is 56.7 Å². The smallest absolute Gasteiger partial charge is 0.0952 e. The molecule has 0 amide bonds. The Morgan fingerprint density at radius 3 is 2.90 bits per heavy atom. The number of fused-ring (bicyclic) bond motifs is 1. The highest BCUT2D eigenvalue weighted by Gasteiger charge is 2.06. The van der Waals surface area contributed by atoms with Crippen molar-refractivity contribution in [2.75, 3.05) is 0 Å². The van der Waals surface area contributed by atoms with Crippen LogP contribution in [0, 0.1) is 6.92 Å². The summed E-state index contributed by atoms with van der Waals surface area (Å²) in [4.78, 5) is 9.00. The van der Waals surface area contributed by atoms with E-state index in [1.807, 2.05) is 26.2 Å². The lowest BCUT2D eigenvalue weighted by Crippen LogP contribution is -2.17. The Hall–Kier alpha value is -2.20. The maximum absolute atomic E-state index is 5.82. The van der Waals surface area contributed by atoms with Gasteiger partial charge in [0.15, 0.2) is 0 Å². The molecule has 2 heterocycles. The summed E-state index contributed by atoms with van der Waals surface area (Å²) in [5, 5.41) is 1.20. The zero-order valence-electron chi connectivity index (χ0n) is 12.5. The number of hydrogen-bond donors (Lipinski definition) is 1. The monoisotopic (exact) mass is 280 g/mol. The molecule has 0 fully saturated rings. The highest BCUT2D eigenvalue weighted by Crippen LogP contribution is 2.19. The fourth-order valence-corrected chi connectivity index (χ4v) is 2.65. The molecule has 1 aromatic carbocycles. The zero-order chi connectivity index (χ0) is 14.8. The normalized spacial score (nSPS) is 12.7. The first-order valence-electron chi connectivity index (χ1n) is 7.23. The molecule has 2 aromatic heterocycles. The zero-order valence-corrected chi connectivity index (χ0v) is 12.5. The van der Waals surface area contributed by atoms with Crippen LogP contribution in [0.2, 0.25) is 0 Å². The van der Waals surface area contributed by atoms with Crippen molar-refractivity contribution in [2.45, 2.75) is 32.9 Å². The first-order valence-corrected chi connectivity index (χ1v) is 7.23. The summed E-state index contributed by atoms with van der Waals surface area (Å²) in [6.45, 7) is 4.83. The van der Waals surface area contributed by atoms with Crippen molar-refractivity contribution >= 4 is 10.9 Å². The molecular formula is C17H20N4.